The lowest BCUT2D eigenvalue weighted by Gasteiger charge is -2.10. The van der Waals surface area contributed by atoms with Gasteiger partial charge in [0.2, 0.25) is 10.0 Å². The zero-order chi connectivity index (χ0) is 11.5. The molecular weight excluding hydrogens is 262 g/mol. The van der Waals surface area contributed by atoms with Gasteiger partial charge in [0, 0.05) is 11.9 Å². The lowest BCUT2D eigenvalue weighted by Crippen LogP contribution is -2.37. The van der Waals surface area contributed by atoms with Crippen LogP contribution in [0.15, 0.2) is 0 Å². The summed E-state index contributed by atoms with van der Waals surface area (Å²) in [5.41, 5.74) is 0. The average Bonchev–Trinajstić information content (AvgIpc) is 2.41. The molecule has 0 aromatic carbocycles. The highest BCUT2D eigenvalue weighted by atomic mass is 35.5. The Kier molecular flexibility index (Phi) is 4.39. The van der Waals surface area contributed by atoms with Crippen molar-refractivity contribution in [3.63, 3.8) is 0 Å². The molecule has 8 heteroatoms. The zero-order valence-electron chi connectivity index (χ0n) is 8.15. The summed E-state index contributed by atoms with van der Waals surface area (Å²) in [5.74, 6) is 0.208. The molecule has 0 spiro atoms. The number of alkyl halides is 1. The monoisotopic (exact) mass is 275 g/mol. The van der Waals surface area contributed by atoms with E-state index in [1.165, 1.54) is 0 Å². The highest BCUT2D eigenvalue weighted by molar-refractivity contribution is 7.92. The van der Waals surface area contributed by atoms with E-state index >= 15 is 0 Å². The first kappa shape index (κ1) is 13.2. The summed E-state index contributed by atoms with van der Waals surface area (Å²) in [6.45, 7) is 0. The summed E-state index contributed by atoms with van der Waals surface area (Å²) in [6.07, 6.45) is 0.735. The van der Waals surface area contributed by atoms with Gasteiger partial charge in [-0.3, -0.25) is 0 Å². The molecule has 1 heterocycles. The van der Waals surface area contributed by atoms with E-state index < -0.39 is 25.9 Å². The number of rotatable bonds is 5. The molecule has 0 radical (unpaired) electrons. The second kappa shape index (κ2) is 4.99. The average molecular weight is 276 g/mol. The van der Waals surface area contributed by atoms with Crippen molar-refractivity contribution in [2.75, 3.05) is 23.1 Å². The summed E-state index contributed by atoms with van der Waals surface area (Å²) >= 11 is 5.38. The van der Waals surface area contributed by atoms with Crippen LogP contribution in [0, 0.1) is 0 Å². The molecule has 90 valence electrons. The molecule has 0 aromatic rings. The second-order valence-corrected chi connectivity index (χ2v) is 8.06. The van der Waals surface area contributed by atoms with Crippen molar-refractivity contribution >= 4 is 31.5 Å². The molecule has 1 aliphatic heterocycles. The maximum atomic E-state index is 11.4. The number of hydrogen-bond acceptors (Lipinski definition) is 4. The third kappa shape index (κ3) is 4.67. The Labute approximate surface area is 95.2 Å². The lowest BCUT2D eigenvalue weighted by atomic mass is 10.3. The van der Waals surface area contributed by atoms with Crippen LogP contribution >= 0.6 is 11.6 Å². The fraction of sp³-hybridized carbons (Fsp3) is 1.00. The van der Waals surface area contributed by atoms with E-state index in [4.69, 9.17) is 11.6 Å². The Morgan fingerprint density at radius 3 is 2.53 bits per heavy atom. The van der Waals surface area contributed by atoms with Crippen molar-refractivity contribution in [3.8, 4) is 0 Å². The highest BCUT2D eigenvalue weighted by Gasteiger charge is 2.30. The van der Waals surface area contributed by atoms with E-state index in [-0.39, 0.29) is 23.1 Å². The minimum absolute atomic E-state index is 0.0486. The van der Waals surface area contributed by atoms with Crippen LogP contribution in [0.4, 0.5) is 0 Å². The minimum Gasteiger partial charge on any atom is -0.229 e. The maximum absolute atomic E-state index is 11.4. The van der Waals surface area contributed by atoms with E-state index in [0.717, 1.165) is 0 Å². The van der Waals surface area contributed by atoms with Gasteiger partial charge in [0.25, 0.3) is 0 Å². The van der Waals surface area contributed by atoms with Gasteiger partial charge in [0.15, 0.2) is 9.84 Å². The van der Waals surface area contributed by atoms with E-state index in [0.29, 0.717) is 12.8 Å². The predicted octanol–water partition coefficient (Wildman–Crippen LogP) is -0.278. The molecule has 1 saturated heterocycles. The molecule has 1 rings (SSSR count). The fourth-order valence-electron chi connectivity index (χ4n) is 1.45. The number of nitrogens with one attached hydrogen (secondary N) is 1. The summed E-state index contributed by atoms with van der Waals surface area (Å²) in [6, 6.07) is -0.463. The summed E-state index contributed by atoms with van der Waals surface area (Å²) in [4.78, 5) is 0. The predicted molar refractivity (Wildman–Crippen MR) is 59.3 cm³/mol. The third-order valence-corrected chi connectivity index (χ3v) is 5.68. The Morgan fingerprint density at radius 2 is 2.07 bits per heavy atom. The van der Waals surface area contributed by atoms with Gasteiger partial charge in [-0.1, -0.05) is 0 Å². The van der Waals surface area contributed by atoms with E-state index in [2.05, 4.69) is 4.72 Å². The molecule has 0 saturated carbocycles. The van der Waals surface area contributed by atoms with Crippen molar-refractivity contribution in [2.24, 2.45) is 0 Å². The first-order valence-corrected chi connectivity index (χ1v) is 8.62. The summed E-state index contributed by atoms with van der Waals surface area (Å²) in [7, 11) is -6.42. The van der Waals surface area contributed by atoms with Crippen LogP contribution in [0.2, 0.25) is 0 Å². The summed E-state index contributed by atoms with van der Waals surface area (Å²) < 4.78 is 47.3. The van der Waals surface area contributed by atoms with Crippen molar-refractivity contribution in [1.29, 1.82) is 0 Å². The van der Waals surface area contributed by atoms with Crippen molar-refractivity contribution < 1.29 is 16.8 Å². The Bertz CT molecular complexity index is 403. The first-order chi connectivity index (χ1) is 6.85. The van der Waals surface area contributed by atoms with Gasteiger partial charge in [-0.15, -0.1) is 11.6 Å². The quantitative estimate of drug-likeness (QED) is 0.700. The van der Waals surface area contributed by atoms with Crippen molar-refractivity contribution in [3.05, 3.63) is 0 Å². The molecule has 1 N–H and O–H groups in total. The molecule has 1 aliphatic rings. The van der Waals surface area contributed by atoms with Crippen LogP contribution in [0.5, 0.6) is 0 Å². The van der Waals surface area contributed by atoms with E-state index in [9.17, 15) is 16.8 Å². The molecule has 15 heavy (non-hydrogen) atoms. The second-order valence-electron chi connectivity index (χ2n) is 3.58. The Hall–Kier alpha value is 0.150. The molecule has 1 fully saturated rings. The lowest BCUT2D eigenvalue weighted by molar-refractivity contribution is 0.561. The minimum atomic E-state index is -3.38. The van der Waals surface area contributed by atoms with Gasteiger partial charge in [0.1, 0.15) is 0 Å². The normalized spacial score (nSPS) is 25.5. The largest absolute Gasteiger partial charge is 0.229 e. The van der Waals surface area contributed by atoms with E-state index in [1.54, 1.807) is 0 Å². The van der Waals surface area contributed by atoms with Gasteiger partial charge in [0.05, 0.1) is 17.3 Å². The number of halogens is 1. The molecular formula is C7H14ClNO4S2. The van der Waals surface area contributed by atoms with Crippen LogP contribution in [0.1, 0.15) is 12.8 Å². The van der Waals surface area contributed by atoms with Gasteiger partial charge < -0.3 is 0 Å². The molecule has 0 aromatic heterocycles. The topological polar surface area (TPSA) is 80.3 Å². The van der Waals surface area contributed by atoms with Crippen LogP contribution in [-0.2, 0) is 19.9 Å². The van der Waals surface area contributed by atoms with Crippen molar-refractivity contribution in [2.45, 2.75) is 18.9 Å². The van der Waals surface area contributed by atoms with Gasteiger partial charge in [-0.2, -0.15) is 0 Å². The maximum Gasteiger partial charge on any atom is 0.211 e. The summed E-state index contributed by atoms with van der Waals surface area (Å²) in [5, 5.41) is 0. The van der Waals surface area contributed by atoms with Crippen LogP contribution in [0.3, 0.4) is 0 Å². The molecule has 5 nitrogen and oxygen atoms in total. The van der Waals surface area contributed by atoms with Gasteiger partial charge >= 0.3 is 0 Å². The number of sulfonamides is 1. The Balaban J connectivity index is 2.49. The smallest absolute Gasteiger partial charge is 0.211 e. The van der Waals surface area contributed by atoms with Gasteiger partial charge in [-0.05, 0) is 12.8 Å². The van der Waals surface area contributed by atoms with E-state index in [1.807, 2.05) is 0 Å². The van der Waals surface area contributed by atoms with Crippen LogP contribution < -0.4 is 4.72 Å². The number of hydrogen-bond donors (Lipinski definition) is 1. The zero-order valence-corrected chi connectivity index (χ0v) is 10.5. The number of sulfone groups is 1. The molecule has 0 aliphatic carbocycles. The first-order valence-electron chi connectivity index (χ1n) is 4.61. The Morgan fingerprint density at radius 1 is 1.40 bits per heavy atom. The van der Waals surface area contributed by atoms with Crippen LogP contribution in [0.25, 0.3) is 0 Å². The fourth-order valence-corrected chi connectivity index (χ4v) is 4.87. The van der Waals surface area contributed by atoms with Crippen molar-refractivity contribution in [1.82, 2.24) is 4.72 Å². The molecule has 0 bridgehead atoms. The molecule has 1 unspecified atom stereocenters. The van der Waals surface area contributed by atoms with Gasteiger partial charge in [-0.25, -0.2) is 21.6 Å². The highest BCUT2D eigenvalue weighted by Crippen LogP contribution is 2.12. The SMILES string of the molecule is O=S1(=O)CCC(NS(=O)(=O)CCCCl)C1. The molecule has 0 amide bonds. The molecule has 1 atom stereocenters. The van der Waals surface area contributed by atoms with Crippen LogP contribution in [-0.4, -0.2) is 46.0 Å². The third-order valence-electron chi connectivity index (χ3n) is 2.13. The standard InChI is InChI=1S/C7H14ClNO4S2/c8-3-1-4-15(12,13)9-7-2-5-14(10,11)6-7/h7,9H,1-6H2.